The zero-order valence-electron chi connectivity index (χ0n) is 20.2. The van der Waals surface area contributed by atoms with Crippen molar-refractivity contribution in [2.24, 2.45) is 0 Å². The van der Waals surface area contributed by atoms with Gasteiger partial charge < -0.3 is 9.15 Å². The molecule has 0 saturated heterocycles. The van der Waals surface area contributed by atoms with Gasteiger partial charge in [-0.3, -0.25) is 4.79 Å². The molecule has 0 aliphatic carbocycles. The summed E-state index contributed by atoms with van der Waals surface area (Å²) in [6.07, 6.45) is 0.932. The van der Waals surface area contributed by atoms with Crippen LogP contribution in [0.15, 0.2) is 114 Å². The Morgan fingerprint density at radius 3 is 2.00 bits per heavy atom. The highest BCUT2D eigenvalue weighted by Crippen LogP contribution is 2.39. The number of benzene rings is 4. The van der Waals surface area contributed by atoms with E-state index in [2.05, 4.69) is 18.2 Å². The normalized spacial score (nSPS) is 10.8. The summed E-state index contributed by atoms with van der Waals surface area (Å²) >= 11 is 0. The lowest BCUT2D eigenvalue weighted by molar-refractivity contribution is -0.143. The Balaban J connectivity index is 1.60. The Morgan fingerprint density at radius 2 is 1.31 bits per heavy atom. The van der Waals surface area contributed by atoms with Gasteiger partial charge in [0.15, 0.2) is 5.76 Å². The molecule has 0 radical (unpaired) electrons. The molecule has 0 fully saturated rings. The molecule has 0 unspecified atom stereocenters. The third-order valence-electron chi connectivity index (χ3n) is 6.08. The quantitative estimate of drug-likeness (QED) is 0.215. The molecule has 1 heterocycles. The highest BCUT2D eigenvalue weighted by molar-refractivity contribution is 5.85. The van der Waals surface area contributed by atoms with E-state index in [1.54, 1.807) is 0 Å². The molecular weight excluding hydrogens is 446 g/mol. The molecule has 0 aliphatic heterocycles. The van der Waals surface area contributed by atoms with Gasteiger partial charge in [0.2, 0.25) is 5.89 Å². The number of aryl methyl sites for hydroxylation is 1. The van der Waals surface area contributed by atoms with Gasteiger partial charge in [-0.05, 0) is 36.1 Å². The van der Waals surface area contributed by atoms with Crippen molar-refractivity contribution >= 4 is 5.97 Å². The molecule has 0 amide bonds. The third-order valence-corrected chi connectivity index (χ3v) is 6.08. The number of oxazole rings is 1. The molecular formula is C32H27NO3. The maximum atomic E-state index is 12.0. The summed E-state index contributed by atoms with van der Waals surface area (Å²) in [7, 11) is 0. The highest BCUT2D eigenvalue weighted by atomic mass is 16.5. The van der Waals surface area contributed by atoms with Gasteiger partial charge in [0.25, 0.3) is 0 Å². The van der Waals surface area contributed by atoms with Crippen molar-refractivity contribution in [1.82, 2.24) is 4.98 Å². The van der Waals surface area contributed by atoms with Crippen molar-refractivity contribution in [2.45, 2.75) is 19.8 Å². The predicted molar refractivity (Wildman–Crippen MR) is 143 cm³/mol. The van der Waals surface area contributed by atoms with Crippen LogP contribution in [0.1, 0.15) is 18.9 Å². The van der Waals surface area contributed by atoms with Crippen molar-refractivity contribution in [3.8, 4) is 45.2 Å². The summed E-state index contributed by atoms with van der Waals surface area (Å²) in [5.74, 6) is 1.11. The average Bonchev–Trinajstić information content (AvgIpc) is 3.39. The summed E-state index contributed by atoms with van der Waals surface area (Å²) in [5, 5.41) is 0. The molecule has 0 spiro atoms. The lowest BCUT2D eigenvalue weighted by Gasteiger charge is -2.12. The summed E-state index contributed by atoms with van der Waals surface area (Å²) in [6.45, 7) is 2.22. The zero-order chi connectivity index (χ0) is 24.7. The van der Waals surface area contributed by atoms with E-state index in [0.29, 0.717) is 25.3 Å². The average molecular weight is 474 g/mol. The number of esters is 1. The molecule has 4 heteroatoms. The van der Waals surface area contributed by atoms with Gasteiger partial charge in [0.05, 0.1) is 6.61 Å². The number of ether oxygens (including phenoxy) is 1. The van der Waals surface area contributed by atoms with Crippen LogP contribution < -0.4 is 0 Å². The topological polar surface area (TPSA) is 52.3 Å². The first-order valence-electron chi connectivity index (χ1n) is 12.2. The van der Waals surface area contributed by atoms with E-state index in [0.717, 1.165) is 44.8 Å². The number of hydrogen-bond donors (Lipinski definition) is 0. The predicted octanol–water partition coefficient (Wildman–Crippen LogP) is 7.84. The summed E-state index contributed by atoms with van der Waals surface area (Å²) in [6, 6.07) is 36.4. The van der Waals surface area contributed by atoms with E-state index < -0.39 is 0 Å². The fourth-order valence-corrected chi connectivity index (χ4v) is 4.39. The Hall–Kier alpha value is -4.44. The van der Waals surface area contributed by atoms with Crippen LogP contribution in [0.3, 0.4) is 0 Å². The molecule has 178 valence electrons. The summed E-state index contributed by atoms with van der Waals surface area (Å²) in [4.78, 5) is 17.0. The Kier molecular flexibility index (Phi) is 7.04. The van der Waals surface area contributed by atoms with Crippen LogP contribution in [0.5, 0.6) is 0 Å². The molecule has 1 aromatic heterocycles. The van der Waals surface area contributed by atoms with Gasteiger partial charge in [0.1, 0.15) is 5.69 Å². The first kappa shape index (κ1) is 23.3. The molecule has 5 aromatic rings. The first-order chi connectivity index (χ1) is 17.7. The van der Waals surface area contributed by atoms with Gasteiger partial charge in [-0.2, -0.15) is 0 Å². The largest absolute Gasteiger partial charge is 0.466 e. The molecule has 4 aromatic carbocycles. The Morgan fingerprint density at radius 1 is 0.722 bits per heavy atom. The third kappa shape index (κ3) is 4.98. The van der Waals surface area contributed by atoms with Crippen LogP contribution >= 0.6 is 0 Å². The van der Waals surface area contributed by atoms with Crippen LogP contribution in [0, 0.1) is 0 Å². The second kappa shape index (κ2) is 10.9. The van der Waals surface area contributed by atoms with Gasteiger partial charge in [-0.1, -0.05) is 103 Å². The molecule has 0 atom stereocenters. The second-order valence-electron chi connectivity index (χ2n) is 8.44. The van der Waals surface area contributed by atoms with Crippen molar-refractivity contribution < 1.29 is 13.9 Å². The number of rotatable bonds is 8. The molecule has 4 nitrogen and oxygen atoms in total. The standard InChI is InChI=1S/C32H27NO3/c1-2-35-29(34)22-21-23-13-9-10-18-26(23)27-19-11-12-20-28(27)32-33-30(24-14-5-3-6-15-24)31(36-32)25-16-7-4-8-17-25/h3-20H,2,21-22H2,1H3. The smallest absolute Gasteiger partial charge is 0.306 e. The van der Waals surface area contributed by atoms with Crippen molar-refractivity contribution in [2.75, 3.05) is 6.61 Å². The second-order valence-corrected chi connectivity index (χ2v) is 8.44. The molecule has 36 heavy (non-hydrogen) atoms. The van der Waals surface area contributed by atoms with Crippen LogP contribution in [-0.2, 0) is 16.0 Å². The monoisotopic (exact) mass is 473 g/mol. The van der Waals surface area contributed by atoms with Crippen molar-refractivity contribution in [3.05, 3.63) is 115 Å². The van der Waals surface area contributed by atoms with Crippen LogP contribution in [0.25, 0.3) is 45.2 Å². The number of carbonyl (C=O) groups is 1. The van der Waals surface area contributed by atoms with Crippen LogP contribution in [0.4, 0.5) is 0 Å². The Bertz CT molecular complexity index is 1400. The van der Waals surface area contributed by atoms with E-state index in [1.165, 1.54) is 0 Å². The number of hydrogen-bond acceptors (Lipinski definition) is 4. The number of carbonyl (C=O) groups excluding carboxylic acids is 1. The maximum Gasteiger partial charge on any atom is 0.306 e. The minimum atomic E-state index is -0.187. The molecule has 5 rings (SSSR count). The van der Waals surface area contributed by atoms with Crippen molar-refractivity contribution in [1.29, 1.82) is 0 Å². The molecule has 0 N–H and O–H groups in total. The van der Waals surface area contributed by atoms with Gasteiger partial charge >= 0.3 is 5.97 Å². The van der Waals surface area contributed by atoms with Gasteiger partial charge in [-0.25, -0.2) is 4.98 Å². The van der Waals surface area contributed by atoms with Gasteiger partial charge in [0, 0.05) is 23.1 Å². The fourth-order valence-electron chi connectivity index (χ4n) is 4.39. The number of nitrogens with zero attached hydrogens (tertiary/aromatic N) is 1. The van der Waals surface area contributed by atoms with E-state index in [-0.39, 0.29) is 5.97 Å². The number of aromatic nitrogens is 1. The van der Waals surface area contributed by atoms with E-state index in [1.807, 2.05) is 97.9 Å². The SMILES string of the molecule is CCOC(=O)CCc1ccccc1-c1ccccc1-c1nc(-c2ccccc2)c(-c2ccccc2)o1. The lowest BCUT2D eigenvalue weighted by Crippen LogP contribution is -2.05. The summed E-state index contributed by atoms with van der Waals surface area (Å²) in [5.41, 5.74) is 6.83. The lowest BCUT2D eigenvalue weighted by atomic mass is 9.93. The first-order valence-corrected chi connectivity index (χ1v) is 12.2. The maximum absolute atomic E-state index is 12.0. The van der Waals surface area contributed by atoms with Crippen LogP contribution in [0.2, 0.25) is 0 Å². The Labute approximate surface area is 211 Å². The molecule has 0 bridgehead atoms. The minimum Gasteiger partial charge on any atom is -0.466 e. The molecule has 0 aliphatic rings. The van der Waals surface area contributed by atoms with E-state index in [4.69, 9.17) is 14.1 Å². The highest BCUT2D eigenvalue weighted by Gasteiger charge is 2.21. The minimum absolute atomic E-state index is 0.187. The fraction of sp³-hybridized carbons (Fsp3) is 0.125. The van der Waals surface area contributed by atoms with Crippen molar-refractivity contribution in [3.63, 3.8) is 0 Å². The molecule has 0 saturated carbocycles. The van der Waals surface area contributed by atoms with E-state index >= 15 is 0 Å². The van der Waals surface area contributed by atoms with Crippen LogP contribution in [-0.4, -0.2) is 17.6 Å². The zero-order valence-corrected chi connectivity index (χ0v) is 20.2. The van der Waals surface area contributed by atoms with Gasteiger partial charge in [-0.15, -0.1) is 0 Å². The van der Waals surface area contributed by atoms with E-state index in [9.17, 15) is 4.79 Å². The summed E-state index contributed by atoms with van der Waals surface area (Å²) < 4.78 is 11.6.